The quantitative estimate of drug-likeness (QED) is 0.736. The summed E-state index contributed by atoms with van der Waals surface area (Å²) < 4.78 is 15.0. The molecule has 0 unspecified atom stereocenters. The first kappa shape index (κ1) is 12.0. The Hall–Kier alpha value is -2.07. The number of hydrogen-bond donors (Lipinski definition) is 1. The normalized spacial score (nSPS) is 11.1. The molecule has 0 radical (unpaired) electrons. The highest BCUT2D eigenvalue weighted by atomic mass is 35.5. The monoisotopic (exact) mass is 275 g/mol. The van der Waals surface area contributed by atoms with Crippen LogP contribution in [0.1, 0.15) is 5.56 Å². The zero-order valence-electron chi connectivity index (χ0n) is 10.2. The molecule has 0 fully saturated rings. The highest BCUT2D eigenvalue weighted by Crippen LogP contribution is 2.30. The van der Waals surface area contributed by atoms with Gasteiger partial charge >= 0.3 is 0 Å². The molecular weight excluding hydrogens is 265 g/mol. The minimum Gasteiger partial charge on any atom is -0.383 e. The Kier molecular flexibility index (Phi) is 2.68. The fourth-order valence-electron chi connectivity index (χ4n) is 2.06. The topological polar surface area (TPSA) is 43.3 Å². The summed E-state index contributed by atoms with van der Waals surface area (Å²) in [6.07, 6.45) is 1.80. The van der Waals surface area contributed by atoms with E-state index in [1.54, 1.807) is 41.8 Å². The van der Waals surface area contributed by atoms with Crippen molar-refractivity contribution in [2.75, 3.05) is 5.73 Å². The van der Waals surface area contributed by atoms with Gasteiger partial charge in [0, 0.05) is 11.8 Å². The lowest BCUT2D eigenvalue weighted by Crippen LogP contribution is -1.94. The van der Waals surface area contributed by atoms with Gasteiger partial charge in [-0.3, -0.25) is 4.40 Å². The number of benzene rings is 1. The average Bonchev–Trinajstić information content (AvgIpc) is 2.72. The van der Waals surface area contributed by atoms with Crippen molar-refractivity contribution in [1.29, 1.82) is 0 Å². The van der Waals surface area contributed by atoms with E-state index in [0.717, 1.165) is 5.56 Å². The first-order chi connectivity index (χ1) is 9.08. The maximum absolute atomic E-state index is 13.3. The Morgan fingerprint density at radius 1 is 1.32 bits per heavy atom. The van der Waals surface area contributed by atoms with Crippen LogP contribution in [-0.2, 0) is 0 Å². The molecule has 3 nitrogen and oxygen atoms in total. The Morgan fingerprint density at radius 3 is 2.79 bits per heavy atom. The van der Waals surface area contributed by atoms with Crippen LogP contribution in [0.3, 0.4) is 0 Å². The lowest BCUT2D eigenvalue weighted by atomic mass is 10.1. The van der Waals surface area contributed by atoms with Crippen LogP contribution < -0.4 is 5.73 Å². The van der Waals surface area contributed by atoms with Crippen LogP contribution in [0.15, 0.2) is 36.5 Å². The predicted octanol–water partition coefficient (Wildman–Crippen LogP) is 3.68. The van der Waals surface area contributed by atoms with E-state index >= 15 is 0 Å². The molecule has 3 rings (SSSR count). The summed E-state index contributed by atoms with van der Waals surface area (Å²) in [6.45, 7) is 1.71. The summed E-state index contributed by atoms with van der Waals surface area (Å²) in [5.41, 5.74) is 8.61. The number of pyridine rings is 1. The van der Waals surface area contributed by atoms with E-state index in [1.165, 1.54) is 6.07 Å². The van der Waals surface area contributed by atoms with Crippen LogP contribution in [0.2, 0.25) is 5.02 Å². The van der Waals surface area contributed by atoms with Gasteiger partial charge in [-0.25, -0.2) is 9.37 Å². The second kappa shape index (κ2) is 4.24. The van der Waals surface area contributed by atoms with E-state index in [1.807, 2.05) is 0 Å². The molecule has 0 bridgehead atoms. The molecular formula is C14H11ClFN3. The maximum Gasteiger partial charge on any atom is 0.157 e. The zero-order chi connectivity index (χ0) is 13.6. The molecule has 2 N–H and O–H groups in total. The van der Waals surface area contributed by atoms with E-state index in [4.69, 9.17) is 17.3 Å². The SMILES string of the molecule is Cc1cc(-c2nc3c(Cl)cccn3c2N)ccc1F. The molecule has 0 aliphatic carbocycles. The number of hydrogen-bond acceptors (Lipinski definition) is 2. The second-order valence-electron chi connectivity index (χ2n) is 4.36. The number of nitrogen functional groups attached to an aromatic ring is 1. The molecule has 96 valence electrons. The van der Waals surface area contributed by atoms with E-state index in [0.29, 0.717) is 27.7 Å². The number of aryl methyl sites for hydroxylation is 1. The predicted molar refractivity (Wildman–Crippen MR) is 74.7 cm³/mol. The molecule has 0 amide bonds. The van der Waals surface area contributed by atoms with E-state index in [9.17, 15) is 4.39 Å². The molecule has 0 atom stereocenters. The maximum atomic E-state index is 13.3. The molecule has 0 spiro atoms. The standard InChI is InChI=1S/C14H11ClFN3/c1-8-7-9(4-5-11(8)16)12-13(17)19-6-2-3-10(15)14(19)18-12/h2-7H,17H2,1H3. The van der Waals surface area contributed by atoms with E-state index < -0.39 is 0 Å². The van der Waals surface area contributed by atoms with Gasteiger partial charge in [-0.05, 0) is 42.8 Å². The number of rotatable bonds is 1. The first-order valence-electron chi connectivity index (χ1n) is 5.76. The van der Waals surface area contributed by atoms with Gasteiger partial charge in [0.15, 0.2) is 5.65 Å². The van der Waals surface area contributed by atoms with Gasteiger partial charge < -0.3 is 5.73 Å². The molecule has 0 aliphatic rings. The fourth-order valence-corrected chi connectivity index (χ4v) is 2.26. The highest BCUT2D eigenvalue weighted by molar-refractivity contribution is 6.33. The summed E-state index contributed by atoms with van der Waals surface area (Å²) >= 11 is 6.09. The number of halogens is 2. The van der Waals surface area contributed by atoms with Gasteiger partial charge in [0.05, 0.1) is 5.02 Å². The molecule has 19 heavy (non-hydrogen) atoms. The van der Waals surface area contributed by atoms with Crippen LogP contribution in [-0.4, -0.2) is 9.38 Å². The van der Waals surface area contributed by atoms with Crippen molar-refractivity contribution >= 4 is 23.1 Å². The molecule has 0 aliphatic heterocycles. The molecule has 2 aromatic heterocycles. The smallest absolute Gasteiger partial charge is 0.157 e. The molecule has 3 aromatic rings. The molecule has 2 heterocycles. The first-order valence-corrected chi connectivity index (χ1v) is 6.14. The Labute approximate surface area is 114 Å². The summed E-state index contributed by atoms with van der Waals surface area (Å²) in [7, 11) is 0. The molecule has 0 saturated carbocycles. The summed E-state index contributed by atoms with van der Waals surface area (Å²) in [6, 6.07) is 8.35. The van der Waals surface area contributed by atoms with Crippen LogP contribution in [0.25, 0.3) is 16.9 Å². The third-order valence-electron chi connectivity index (χ3n) is 3.07. The van der Waals surface area contributed by atoms with E-state index in [2.05, 4.69) is 4.98 Å². The third-order valence-corrected chi connectivity index (χ3v) is 3.37. The van der Waals surface area contributed by atoms with Crippen molar-refractivity contribution in [1.82, 2.24) is 9.38 Å². The van der Waals surface area contributed by atoms with Gasteiger partial charge in [0.1, 0.15) is 17.3 Å². The van der Waals surface area contributed by atoms with Crippen molar-refractivity contribution in [2.45, 2.75) is 6.92 Å². The van der Waals surface area contributed by atoms with Crippen molar-refractivity contribution in [3.63, 3.8) is 0 Å². The summed E-state index contributed by atoms with van der Waals surface area (Å²) in [5, 5.41) is 0.527. The zero-order valence-corrected chi connectivity index (χ0v) is 10.9. The van der Waals surface area contributed by atoms with E-state index in [-0.39, 0.29) is 5.82 Å². The van der Waals surface area contributed by atoms with Gasteiger partial charge in [-0.2, -0.15) is 0 Å². The minimum absolute atomic E-state index is 0.246. The largest absolute Gasteiger partial charge is 0.383 e. The number of anilines is 1. The van der Waals surface area contributed by atoms with Crippen molar-refractivity contribution in [2.24, 2.45) is 0 Å². The fraction of sp³-hybridized carbons (Fsp3) is 0.0714. The summed E-state index contributed by atoms with van der Waals surface area (Å²) in [5.74, 6) is 0.243. The van der Waals surface area contributed by atoms with Crippen LogP contribution >= 0.6 is 11.6 Å². The number of fused-ring (bicyclic) bond motifs is 1. The molecule has 5 heteroatoms. The number of nitrogens with zero attached hydrogens (tertiary/aromatic N) is 2. The Balaban J connectivity index is 2.28. The number of imidazole rings is 1. The summed E-state index contributed by atoms with van der Waals surface area (Å²) in [4.78, 5) is 4.44. The van der Waals surface area contributed by atoms with Gasteiger partial charge in [-0.15, -0.1) is 0 Å². The van der Waals surface area contributed by atoms with Crippen molar-refractivity contribution < 1.29 is 4.39 Å². The van der Waals surface area contributed by atoms with Gasteiger partial charge in [0.25, 0.3) is 0 Å². The van der Waals surface area contributed by atoms with Gasteiger partial charge in [0.2, 0.25) is 0 Å². The third kappa shape index (κ3) is 1.85. The highest BCUT2D eigenvalue weighted by Gasteiger charge is 2.13. The Bertz CT molecular complexity index is 780. The number of nitrogens with two attached hydrogens (primary N) is 1. The van der Waals surface area contributed by atoms with Crippen LogP contribution in [0.5, 0.6) is 0 Å². The van der Waals surface area contributed by atoms with Crippen LogP contribution in [0.4, 0.5) is 10.2 Å². The molecule has 0 saturated heterocycles. The Morgan fingerprint density at radius 2 is 2.11 bits per heavy atom. The van der Waals surface area contributed by atoms with Gasteiger partial charge in [-0.1, -0.05) is 11.6 Å². The lowest BCUT2D eigenvalue weighted by molar-refractivity contribution is 0.619. The molecule has 1 aromatic carbocycles. The second-order valence-corrected chi connectivity index (χ2v) is 4.77. The minimum atomic E-state index is -0.246. The number of aromatic nitrogens is 2. The average molecular weight is 276 g/mol. The van der Waals surface area contributed by atoms with Crippen molar-refractivity contribution in [3.05, 3.63) is 52.9 Å². The van der Waals surface area contributed by atoms with Crippen LogP contribution in [0, 0.1) is 12.7 Å². The lowest BCUT2D eigenvalue weighted by Gasteiger charge is -2.02. The van der Waals surface area contributed by atoms with Crippen molar-refractivity contribution in [3.8, 4) is 11.3 Å².